The molecule has 1 saturated heterocycles. The molecule has 1 aromatic carbocycles. The zero-order valence-corrected chi connectivity index (χ0v) is 14.7. The molecule has 0 aliphatic carbocycles. The molecule has 24 heavy (non-hydrogen) atoms. The molecule has 2 heterocycles. The van der Waals surface area contributed by atoms with E-state index >= 15 is 0 Å². The molecule has 1 fully saturated rings. The van der Waals surface area contributed by atoms with Gasteiger partial charge in [0, 0.05) is 36.7 Å². The monoisotopic (exact) mass is 370 g/mol. The molecule has 0 radical (unpaired) electrons. The van der Waals surface area contributed by atoms with Gasteiger partial charge in [-0.3, -0.25) is 4.90 Å². The molecular weight excluding hydrogens is 351 g/mol. The minimum absolute atomic E-state index is 0.0670. The minimum atomic E-state index is -3.76. The van der Waals surface area contributed by atoms with Crippen LogP contribution < -0.4 is 4.72 Å². The number of halogens is 1. The number of sulfonamides is 1. The van der Waals surface area contributed by atoms with Gasteiger partial charge in [0.15, 0.2) is 0 Å². The Kier molecular flexibility index (Phi) is 5.60. The average Bonchev–Trinajstić information content (AvgIpc) is 3.10. The van der Waals surface area contributed by atoms with Crippen molar-refractivity contribution in [1.29, 1.82) is 0 Å². The Balaban J connectivity index is 1.75. The predicted molar refractivity (Wildman–Crippen MR) is 91.9 cm³/mol. The van der Waals surface area contributed by atoms with E-state index < -0.39 is 15.8 Å². The molecule has 1 aromatic heterocycles. The van der Waals surface area contributed by atoms with Crippen molar-refractivity contribution in [3.63, 3.8) is 0 Å². The number of nitrogens with one attached hydrogen (secondary N) is 1. The molecule has 3 rings (SSSR count). The highest BCUT2D eigenvalue weighted by atomic mass is 32.2. The number of benzene rings is 1. The summed E-state index contributed by atoms with van der Waals surface area (Å²) in [6, 6.07) is 6.76. The first-order valence-corrected chi connectivity index (χ1v) is 10.3. The first kappa shape index (κ1) is 17.5. The molecule has 1 N–H and O–H groups in total. The van der Waals surface area contributed by atoms with Crippen molar-refractivity contribution in [3.05, 3.63) is 54.2 Å². The van der Waals surface area contributed by atoms with Crippen molar-refractivity contribution in [2.24, 2.45) is 0 Å². The first-order valence-electron chi connectivity index (χ1n) is 7.65. The van der Waals surface area contributed by atoms with Gasteiger partial charge in [-0.1, -0.05) is 6.07 Å². The molecule has 1 atom stereocenters. The van der Waals surface area contributed by atoms with Gasteiger partial charge in [0.2, 0.25) is 10.0 Å². The van der Waals surface area contributed by atoms with E-state index in [-0.39, 0.29) is 17.5 Å². The Labute approximate surface area is 145 Å². The first-order chi connectivity index (χ1) is 11.6. The van der Waals surface area contributed by atoms with E-state index in [4.69, 9.17) is 4.42 Å². The van der Waals surface area contributed by atoms with Crippen LogP contribution in [0.5, 0.6) is 0 Å². The summed E-state index contributed by atoms with van der Waals surface area (Å²) < 4.78 is 45.9. The van der Waals surface area contributed by atoms with Crippen LogP contribution in [0.1, 0.15) is 11.6 Å². The van der Waals surface area contributed by atoms with Crippen LogP contribution in [0.15, 0.2) is 52.2 Å². The van der Waals surface area contributed by atoms with Gasteiger partial charge in [-0.15, -0.1) is 0 Å². The smallest absolute Gasteiger partial charge is 0.240 e. The molecule has 8 heteroatoms. The second kappa shape index (κ2) is 7.69. The van der Waals surface area contributed by atoms with Crippen molar-refractivity contribution in [3.8, 4) is 0 Å². The highest BCUT2D eigenvalue weighted by Crippen LogP contribution is 2.24. The van der Waals surface area contributed by atoms with Crippen LogP contribution in [-0.4, -0.2) is 44.5 Å². The summed E-state index contributed by atoms with van der Waals surface area (Å²) in [5.41, 5.74) is 0.934. The second-order valence-electron chi connectivity index (χ2n) is 5.53. The third-order valence-electron chi connectivity index (χ3n) is 3.99. The van der Waals surface area contributed by atoms with Gasteiger partial charge in [-0.05, 0) is 24.3 Å². The zero-order valence-electron chi connectivity index (χ0n) is 13.0. The fourth-order valence-corrected chi connectivity index (χ4v) is 4.72. The molecule has 0 spiro atoms. The molecule has 0 bridgehead atoms. The summed E-state index contributed by atoms with van der Waals surface area (Å²) >= 11 is 1.89. The molecule has 5 nitrogen and oxygen atoms in total. The van der Waals surface area contributed by atoms with Crippen molar-refractivity contribution in [1.82, 2.24) is 9.62 Å². The molecule has 1 aliphatic rings. The van der Waals surface area contributed by atoms with Gasteiger partial charge in [0.25, 0.3) is 0 Å². The Morgan fingerprint density at radius 3 is 2.75 bits per heavy atom. The minimum Gasteiger partial charge on any atom is -0.472 e. The maximum absolute atomic E-state index is 13.3. The Bertz CT molecular complexity index is 759. The normalized spacial score (nSPS) is 17.7. The molecule has 2 aromatic rings. The summed E-state index contributed by atoms with van der Waals surface area (Å²) in [6.45, 7) is 1.99. The van der Waals surface area contributed by atoms with E-state index in [9.17, 15) is 12.8 Å². The Hall–Kier alpha value is -1.35. The lowest BCUT2D eigenvalue weighted by Gasteiger charge is -2.33. The summed E-state index contributed by atoms with van der Waals surface area (Å²) in [5.74, 6) is 1.47. The lowest BCUT2D eigenvalue weighted by Crippen LogP contribution is -2.41. The third-order valence-corrected chi connectivity index (χ3v) is 6.35. The van der Waals surface area contributed by atoms with Crippen LogP contribution in [0.2, 0.25) is 0 Å². The molecule has 0 unspecified atom stereocenters. The fourth-order valence-electron chi connectivity index (χ4n) is 2.72. The van der Waals surface area contributed by atoms with E-state index in [2.05, 4.69) is 9.62 Å². The molecule has 0 amide bonds. The van der Waals surface area contributed by atoms with Crippen LogP contribution in [0.3, 0.4) is 0 Å². The predicted octanol–water partition coefficient (Wildman–Crippen LogP) is 2.49. The second-order valence-corrected chi connectivity index (χ2v) is 8.52. The highest BCUT2D eigenvalue weighted by Gasteiger charge is 2.25. The van der Waals surface area contributed by atoms with Crippen LogP contribution in [0, 0.1) is 5.82 Å². The summed E-state index contributed by atoms with van der Waals surface area (Å²) in [7, 11) is -3.76. The SMILES string of the molecule is O=S(=O)(NC[C@@H](c1ccoc1)N1CCSCC1)c1cccc(F)c1. The molecule has 0 saturated carbocycles. The van der Waals surface area contributed by atoms with Crippen LogP contribution in [0.25, 0.3) is 0 Å². The van der Waals surface area contributed by atoms with Crippen molar-refractivity contribution < 1.29 is 17.2 Å². The number of thioether (sulfide) groups is 1. The average molecular weight is 370 g/mol. The fraction of sp³-hybridized carbons (Fsp3) is 0.375. The van der Waals surface area contributed by atoms with Crippen LogP contribution in [-0.2, 0) is 10.0 Å². The standard InChI is InChI=1S/C16H19FN2O3S2/c17-14-2-1-3-15(10-14)24(20,21)18-11-16(13-4-7-22-12-13)19-5-8-23-9-6-19/h1-4,7,10,12,16,18H,5-6,8-9,11H2/t16-/m0/s1. The van der Waals surface area contributed by atoms with E-state index in [1.54, 1.807) is 12.5 Å². The van der Waals surface area contributed by atoms with Crippen LogP contribution in [0.4, 0.5) is 4.39 Å². The Morgan fingerprint density at radius 2 is 2.08 bits per heavy atom. The van der Waals surface area contributed by atoms with E-state index in [1.807, 2.05) is 17.8 Å². The van der Waals surface area contributed by atoms with E-state index in [0.717, 1.165) is 36.2 Å². The third kappa shape index (κ3) is 4.18. The van der Waals surface area contributed by atoms with Crippen molar-refractivity contribution in [2.45, 2.75) is 10.9 Å². The topological polar surface area (TPSA) is 62.6 Å². The lowest BCUT2D eigenvalue weighted by atomic mass is 10.1. The van der Waals surface area contributed by atoms with Crippen molar-refractivity contribution >= 4 is 21.8 Å². The number of furan rings is 1. The number of rotatable bonds is 6. The lowest BCUT2D eigenvalue weighted by molar-refractivity contribution is 0.218. The van der Waals surface area contributed by atoms with Gasteiger partial charge in [-0.2, -0.15) is 11.8 Å². The van der Waals surface area contributed by atoms with Crippen LogP contribution >= 0.6 is 11.8 Å². The molecule has 1 aliphatic heterocycles. The summed E-state index contributed by atoms with van der Waals surface area (Å²) in [5, 5.41) is 0. The number of nitrogens with zero attached hydrogens (tertiary/aromatic N) is 1. The maximum atomic E-state index is 13.3. The molecular formula is C16H19FN2O3S2. The largest absolute Gasteiger partial charge is 0.472 e. The maximum Gasteiger partial charge on any atom is 0.240 e. The van der Waals surface area contributed by atoms with Gasteiger partial charge >= 0.3 is 0 Å². The highest BCUT2D eigenvalue weighted by molar-refractivity contribution is 7.99. The van der Waals surface area contributed by atoms with Gasteiger partial charge < -0.3 is 4.42 Å². The number of hydrogen-bond acceptors (Lipinski definition) is 5. The summed E-state index contributed by atoms with van der Waals surface area (Å²) in [4.78, 5) is 2.18. The summed E-state index contributed by atoms with van der Waals surface area (Å²) in [6.07, 6.45) is 3.23. The molecule has 130 valence electrons. The quantitative estimate of drug-likeness (QED) is 0.846. The number of hydrogen-bond donors (Lipinski definition) is 1. The Morgan fingerprint density at radius 1 is 1.29 bits per heavy atom. The van der Waals surface area contributed by atoms with Gasteiger partial charge in [-0.25, -0.2) is 17.5 Å². The van der Waals surface area contributed by atoms with Crippen molar-refractivity contribution in [2.75, 3.05) is 31.1 Å². The zero-order chi connectivity index (χ0) is 17.0. The van der Waals surface area contributed by atoms with E-state index in [1.165, 1.54) is 18.2 Å². The van der Waals surface area contributed by atoms with E-state index in [0.29, 0.717) is 0 Å². The van der Waals surface area contributed by atoms with Gasteiger partial charge in [0.05, 0.1) is 23.5 Å². The van der Waals surface area contributed by atoms with Gasteiger partial charge in [0.1, 0.15) is 5.82 Å².